The van der Waals surface area contributed by atoms with Crippen molar-refractivity contribution in [1.82, 2.24) is 9.97 Å². The van der Waals surface area contributed by atoms with Crippen LogP contribution in [0.1, 0.15) is 52.6 Å². The highest BCUT2D eigenvalue weighted by Crippen LogP contribution is 2.22. The van der Waals surface area contributed by atoms with Gasteiger partial charge in [0.25, 0.3) is 0 Å². The molecule has 1 aromatic heterocycles. The summed E-state index contributed by atoms with van der Waals surface area (Å²) in [6, 6.07) is 2.06. The quantitative estimate of drug-likeness (QED) is 0.848. The van der Waals surface area contributed by atoms with Gasteiger partial charge in [-0.2, -0.15) is 0 Å². The Kier molecular flexibility index (Phi) is 4.27. The van der Waals surface area contributed by atoms with Crippen LogP contribution >= 0.6 is 0 Å². The molecular weight excluding hydrogens is 198 g/mol. The van der Waals surface area contributed by atoms with E-state index in [9.17, 15) is 0 Å². The Hall–Kier alpha value is -1.12. The first-order valence-corrected chi connectivity index (χ1v) is 6.09. The second kappa shape index (κ2) is 5.28. The molecule has 16 heavy (non-hydrogen) atoms. The van der Waals surface area contributed by atoms with Crippen molar-refractivity contribution < 1.29 is 0 Å². The molecule has 90 valence electrons. The summed E-state index contributed by atoms with van der Waals surface area (Å²) >= 11 is 0. The van der Waals surface area contributed by atoms with Crippen molar-refractivity contribution in [2.75, 3.05) is 11.9 Å². The van der Waals surface area contributed by atoms with Crippen LogP contribution in [0.25, 0.3) is 0 Å². The fraction of sp³-hybridized carbons (Fsp3) is 0.692. The van der Waals surface area contributed by atoms with Crippen molar-refractivity contribution in [1.29, 1.82) is 0 Å². The SMILES string of the molecule is CCCNc1cc(C(C)(C)C)nc(CC)n1. The lowest BCUT2D eigenvalue weighted by Gasteiger charge is -2.19. The molecular formula is C13H23N3. The first-order chi connectivity index (χ1) is 7.47. The summed E-state index contributed by atoms with van der Waals surface area (Å²) in [6.07, 6.45) is 1.99. The standard InChI is InChI=1S/C13H23N3/c1-6-8-14-12-9-10(13(3,4)5)15-11(7-2)16-12/h9H,6-8H2,1-5H3,(H,14,15,16). The predicted molar refractivity (Wildman–Crippen MR) is 68.9 cm³/mol. The number of hydrogen-bond donors (Lipinski definition) is 1. The minimum atomic E-state index is 0.0789. The number of aromatic nitrogens is 2. The minimum Gasteiger partial charge on any atom is -0.370 e. The van der Waals surface area contributed by atoms with Crippen molar-refractivity contribution in [3.8, 4) is 0 Å². The van der Waals surface area contributed by atoms with Gasteiger partial charge in [-0.3, -0.25) is 0 Å². The molecule has 1 heterocycles. The Morgan fingerprint density at radius 1 is 1.19 bits per heavy atom. The smallest absolute Gasteiger partial charge is 0.130 e. The van der Waals surface area contributed by atoms with Gasteiger partial charge in [0.2, 0.25) is 0 Å². The molecule has 3 heteroatoms. The zero-order valence-electron chi connectivity index (χ0n) is 11.1. The summed E-state index contributed by atoms with van der Waals surface area (Å²) < 4.78 is 0. The van der Waals surface area contributed by atoms with Gasteiger partial charge in [0.15, 0.2) is 0 Å². The molecule has 1 aromatic rings. The number of rotatable bonds is 4. The zero-order valence-corrected chi connectivity index (χ0v) is 11.1. The fourth-order valence-electron chi connectivity index (χ4n) is 1.38. The Morgan fingerprint density at radius 3 is 2.38 bits per heavy atom. The van der Waals surface area contributed by atoms with Crippen molar-refractivity contribution in [2.24, 2.45) is 0 Å². The van der Waals surface area contributed by atoms with Crippen molar-refractivity contribution in [2.45, 2.75) is 52.9 Å². The average molecular weight is 221 g/mol. The first-order valence-electron chi connectivity index (χ1n) is 6.09. The van der Waals surface area contributed by atoms with Crippen molar-refractivity contribution >= 4 is 5.82 Å². The van der Waals surface area contributed by atoms with Crippen LogP contribution in [0.15, 0.2) is 6.07 Å². The van der Waals surface area contributed by atoms with Gasteiger partial charge in [-0.15, -0.1) is 0 Å². The van der Waals surface area contributed by atoms with Crippen molar-refractivity contribution in [3.05, 3.63) is 17.6 Å². The molecule has 0 atom stereocenters. The van der Waals surface area contributed by atoms with E-state index in [1.807, 2.05) is 0 Å². The number of hydrogen-bond acceptors (Lipinski definition) is 3. The first kappa shape index (κ1) is 12.9. The molecule has 0 unspecified atom stereocenters. The van der Waals surface area contributed by atoms with E-state index in [1.165, 1.54) is 0 Å². The molecule has 0 saturated heterocycles. The third-order valence-electron chi connectivity index (χ3n) is 2.41. The van der Waals surface area contributed by atoms with E-state index < -0.39 is 0 Å². The third kappa shape index (κ3) is 3.47. The van der Waals surface area contributed by atoms with Gasteiger partial charge in [0.05, 0.1) is 5.69 Å². The Morgan fingerprint density at radius 2 is 1.88 bits per heavy atom. The summed E-state index contributed by atoms with van der Waals surface area (Å²) in [5, 5.41) is 3.33. The Labute approximate surface area is 98.7 Å². The molecule has 0 saturated carbocycles. The molecule has 0 spiro atoms. The van der Waals surface area contributed by atoms with Gasteiger partial charge in [-0.25, -0.2) is 9.97 Å². The molecule has 0 aliphatic rings. The van der Waals surface area contributed by atoms with Crippen LogP contribution in [-0.4, -0.2) is 16.5 Å². The summed E-state index contributed by atoms with van der Waals surface area (Å²) in [4.78, 5) is 9.06. The van der Waals surface area contributed by atoms with Crippen LogP contribution in [0.2, 0.25) is 0 Å². The Bertz CT molecular complexity index is 340. The summed E-state index contributed by atoms with van der Waals surface area (Å²) in [5.74, 6) is 1.88. The van der Waals surface area contributed by atoms with E-state index >= 15 is 0 Å². The highest BCUT2D eigenvalue weighted by Gasteiger charge is 2.17. The van der Waals surface area contributed by atoms with Gasteiger partial charge in [0, 0.05) is 24.4 Å². The van der Waals surface area contributed by atoms with Gasteiger partial charge >= 0.3 is 0 Å². The van der Waals surface area contributed by atoms with Gasteiger partial charge in [0.1, 0.15) is 11.6 Å². The van der Waals surface area contributed by atoms with Gasteiger partial charge in [-0.1, -0.05) is 34.6 Å². The zero-order chi connectivity index (χ0) is 12.2. The summed E-state index contributed by atoms with van der Waals surface area (Å²) in [5.41, 5.74) is 1.19. The summed E-state index contributed by atoms with van der Waals surface area (Å²) in [6.45, 7) is 11.7. The van der Waals surface area contributed by atoms with Crippen LogP contribution in [0.3, 0.4) is 0 Å². The van der Waals surface area contributed by atoms with E-state index in [2.05, 4.69) is 56.0 Å². The number of nitrogens with zero attached hydrogens (tertiary/aromatic N) is 2. The second-order valence-corrected chi connectivity index (χ2v) is 5.08. The maximum Gasteiger partial charge on any atom is 0.130 e. The molecule has 0 fully saturated rings. The predicted octanol–water partition coefficient (Wildman–Crippen LogP) is 3.16. The van der Waals surface area contributed by atoms with E-state index in [0.717, 1.165) is 36.7 Å². The molecule has 0 aliphatic carbocycles. The molecule has 0 radical (unpaired) electrons. The van der Waals surface area contributed by atoms with Crippen LogP contribution in [0.5, 0.6) is 0 Å². The monoisotopic (exact) mass is 221 g/mol. The van der Waals surface area contributed by atoms with Crippen LogP contribution in [0.4, 0.5) is 5.82 Å². The number of anilines is 1. The van der Waals surface area contributed by atoms with Crippen LogP contribution in [0, 0.1) is 0 Å². The van der Waals surface area contributed by atoms with Crippen molar-refractivity contribution in [3.63, 3.8) is 0 Å². The second-order valence-electron chi connectivity index (χ2n) is 5.08. The molecule has 1 N–H and O–H groups in total. The largest absolute Gasteiger partial charge is 0.370 e. The Balaban J connectivity index is 3.01. The molecule has 1 rings (SSSR count). The maximum atomic E-state index is 4.58. The maximum absolute atomic E-state index is 4.58. The molecule has 0 bridgehead atoms. The highest BCUT2D eigenvalue weighted by atomic mass is 15.0. The fourth-order valence-corrected chi connectivity index (χ4v) is 1.38. The highest BCUT2D eigenvalue weighted by molar-refractivity contribution is 5.37. The van der Waals surface area contributed by atoms with E-state index in [-0.39, 0.29) is 5.41 Å². The van der Waals surface area contributed by atoms with E-state index in [1.54, 1.807) is 0 Å². The molecule has 3 nitrogen and oxygen atoms in total. The summed E-state index contributed by atoms with van der Waals surface area (Å²) in [7, 11) is 0. The van der Waals surface area contributed by atoms with Gasteiger partial charge in [-0.05, 0) is 6.42 Å². The topological polar surface area (TPSA) is 37.8 Å². The normalized spacial score (nSPS) is 11.6. The average Bonchev–Trinajstić information content (AvgIpc) is 2.24. The molecule has 0 amide bonds. The lowest BCUT2D eigenvalue weighted by Crippen LogP contribution is -2.16. The number of aryl methyl sites for hydroxylation is 1. The lowest BCUT2D eigenvalue weighted by molar-refractivity contribution is 0.563. The van der Waals surface area contributed by atoms with E-state index in [4.69, 9.17) is 0 Å². The molecule has 0 aliphatic heterocycles. The van der Waals surface area contributed by atoms with Crippen LogP contribution in [-0.2, 0) is 11.8 Å². The van der Waals surface area contributed by atoms with Gasteiger partial charge < -0.3 is 5.32 Å². The lowest BCUT2D eigenvalue weighted by atomic mass is 9.92. The minimum absolute atomic E-state index is 0.0789. The number of nitrogens with one attached hydrogen (secondary N) is 1. The van der Waals surface area contributed by atoms with E-state index in [0.29, 0.717) is 0 Å². The van der Waals surface area contributed by atoms with Crippen LogP contribution < -0.4 is 5.32 Å². The molecule has 0 aromatic carbocycles. The third-order valence-corrected chi connectivity index (χ3v) is 2.41.